The van der Waals surface area contributed by atoms with Gasteiger partial charge in [0.2, 0.25) is 0 Å². The summed E-state index contributed by atoms with van der Waals surface area (Å²) in [7, 11) is -11.0. The third-order valence-electron chi connectivity index (χ3n) is 6.14. The lowest BCUT2D eigenvalue weighted by molar-refractivity contribution is -0.242. The summed E-state index contributed by atoms with van der Waals surface area (Å²) >= 11 is 0. The number of aliphatic hydroxyl groups is 5. The molecule has 2 saturated heterocycles. The van der Waals surface area contributed by atoms with Crippen LogP contribution in [0.3, 0.4) is 0 Å². The summed E-state index contributed by atoms with van der Waals surface area (Å²) in [5.41, 5.74) is 3.59. The number of furan rings is 1. The lowest BCUT2D eigenvalue weighted by Crippen LogP contribution is -2.62. The Morgan fingerprint density at radius 2 is 1.68 bits per heavy atom. The number of aliphatic hydroxyl groups excluding tert-OH is 5. The fourth-order valence-electron chi connectivity index (χ4n) is 4.05. The number of H-pyrrole nitrogens is 1. The van der Waals surface area contributed by atoms with Gasteiger partial charge >= 0.3 is 21.3 Å². The first kappa shape index (κ1) is 31.8. The number of nitrogens with two attached hydrogens (primary N) is 1. The Balaban J connectivity index is 1.41. The highest BCUT2D eigenvalue weighted by molar-refractivity contribution is 7.61. The second-order valence-corrected chi connectivity index (χ2v) is 11.9. The minimum atomic E-state index is -5.55. The van der Waals surface area contributed by atoms with Crippen molar-refractivity contribution in [2.75, 3.05) is 13.2 Å². The normalized spacial score (nSPS) is 35.2. The van der Waals surface area contributed by atoms with Gasteiger partial charge in [-0.25, -0.2) is 13.9 Å². The Morgan fingerprint density at radius 1 is 1.00 bits per heavy atom. The SMILES string of the molecule is N[C@H]1[C@@H](OP(=O)(O)OP(=O)(O)OC[C@H]2O[C@@H](n3cc(-c4ccco4)c(=O)[nH]c3=O)[C@H](O)[C@@H]2O)O[C@H](CO)[C@H](O)[C@@H]1O. The number of hydrogen-bond donors (Lipinski definition) is 9. The van der Waals surface area contributed by atoms with Gasteiger partial charge in [-0.15, -0.1) is 0 Å². The van der Waals surface area contributed by atoms with E-state index in [1.54, 1.807) is 0 Å². The van der Waals surface area contributed by atoms with Gasteiger partial charge in [-0.1, -0.05) is 0 Å². The van der Waals surface area contributed by atoms with E-state index >= 15 is 0 Å². The number of nitrogens with one attached hydrogen (secondary N) is 1. The Labute approximate surface area is 228 Å². The maximum atomic E-state index is 12.4. The predicted molar refractivity (Wildman–Crippen MR) is 128 cm³/mol. The van der Waals surface area contributed by atoms with Crippen LogP contribution in [0.25, 0.3) is 11.3 Å². The van der Waals surface area contributed by atoms with Crippen LogP contribution in [0.2, 0.25) is 0 Å². The average Bonchev–Trinajstić information content (AvgIpc) is 3.52. The van der Waals surface area contributed by atoms with E-state index < -0.39 is 95.3 Å². The zero-order chi connectivity index (χ0) is 30.3. The van der Waals surface area contributed by atoms with E-state index in [0.29, 0.717) is 0 Å². The Bertz CT molecular complexity index is 1410. The lowest BCUT2D eigenvalue weighted by atomic mass is 9.98. The molecular formula is C19H27N3O17P2. The Hall–Kier alpha value is -2.10. The van der Waals surface area contributed by atoms with Crippen molar-refractivity contribution in [3.05, 3.63) is 45.4 Å². The lowest BCUT2D eigenvalue weighted by Gasteiger charge is -2.40. The summed E-state index contributed by atoms with van der Waals surface area (Å²) in [5.74, 6) is 0.0686. The van der Waals surface area contributed by atoms with Gasteiger partial charge in [-0.3, -0.25) is 23.4 Å². The molecule has 4 rings (SSSR count). The van der Waals surface area contributed by atoms with E-state index in [0.717, 1.165) is 10.8 Å². The number of ether oxygens (including phenoxy) is 2. The van der Waals surface area contributed by atoms with Crippen molar-refractivity contribution in [2.24, 2.45) is 5.73 Å². The molecule has 41 heavy (non-hydrogen) atoms. The summed E-state index contributed by atoms with van der Waals surface area (Å²) in [4.78, 5) is 46.4. The number of aromatic nitrogens is 2. The molecule has 0 spiro atoms. The van der Waals surface area contributed by atoms with Gasteiger partial charge in [-0.2, -0.15) is 4.31 Å². The molecule has 11 atom stereocenters. The van der Waals surface area contributed by atoms with E-state index in [1.165, 1.54) is 18.4 Å². The van der Waals surface area contributed by atoms with Crippen LogP contribution in [0.15, 0.2) is 38.6 Å². The number of rotatable bonds is 10. The van der Waals surface area contributed by atoms with Gasteiger partial charge in [-0.05, 0) is 12.1 Å². The second-order valence-electron chi connectivity index (χ2n) is 8.94. The van der Waals surface area contributed by atoms with Gasteiger partial charge in [0.25, 0.3) is 5.56 Å². The topological polar surface area (TPSA) is 316 Å². The summed E-state index contributed by atoms with van der Waals surface area (Å²) < 4.78 is 54.3. The van der Waals surface area contributed by atoms with E-state index in [1.807, 2.05) is 4.98 Å². The molecule has 230 valence electrons. The molecule has 0 radical (unpaired) electrons. The summed E-state index contributed by atoms with van der Waals surface area (Å²) in [5, 5.41) is 49.7. The minimum Gasteiger partial charge on any atom is -0.464 e. The Morgan fingerprint density at radius 3 is 2.32 bits per heavy atom. The van der Waals surface area contributed by atoms with Crippen LogP contribution in [0.5, 0.6) is 0 Å². The first-order chi connectivity index (χ1) is 19.1. The van der Waals surface area contributed by atoms with Crippen LogP contribution in [0, 0.1) is 0 Å². The Kier molecular flexibility index (Phi) is 9.51. The van der Waals surface area contributed by atoms with Gasteiger partial charge in [0.05, 0.1) is 31.1 Å². The number of nitrogens with zero attached hydrogens (tertiary/aromatic N) is 1. The molecule has 20 nitrogen and oxygen atoms in total. The van der Waals surface area contributed by atoms with Crippen molar-refractivity contribution in [3.8, 4) is 11.3 Å². The molecule has 10 N–H and O–H groups in total. The zero-order valence-corrected chi connectivity index (χ0v) is 22.3. The number of phosphoric ester groups is 2. The van der Waals surface area contributed by atoms with Crippen LogP contribution in [0.4, 0.5) is 0 Å². The molecule has 2 fully saturated rings. The van der Waals surface area contributed by atoms with Gasteiger partial charge in [0.15, 0.2) is 12.5 Å². The maximum Gasteiger partial charge on any atom is 0.483 e. The predicted octanol–water partition coefficient (Wildman–Crippen LogP) is -3.57. The van der Waals surface area contributed by atoms with Crippen molar-refractivity contribution < 1.29 is 71.7 Å². The summed E-state index contributed by atoms with van der Waals surface area (Å²) in [6.45, 7) is -1.89. The van der Waals surface area contributed by atoms with Crippen molar-refractivity contribution in [3.63, 3.8) is 0 Å². The molecule has 2 aromatic rings. The van der Waals surface area contributed by atoms with Crippen molar-refractivity contribution in [1.82, 2.24) is 9.55 Å². The van der Waals surface area contributed by atoms with Gasteiger partial charge in [0.1, 0.15) is 42.4 Å². The third-order valence-corrected chi connectivity index (χ3v) is 8.74. The molecule has 0 saturated carbocycles. The molecule has 2 aliphatic rings. The second kappa shape index (κ2) is 12.3. The van der Waals surface area contributed by atoms with E-state index in [-0.39, 0.29) is 11.3 Å². The van der Waals surface area contributed by atoms with E-state index in [2.05, 4.69) is 13.4 Å². The molecule has 0 amide bonds. The third kappa shape index (κ3) is 6.94. The monoisotopic (exact) mass is 631 g/mol. The summed E-state index contributed by atoms with van der Waals surface area (Å²) in [6.07, 6.45) is -11.6. The first-order valence-corrected chi connectivity index (χ1v) is 14.6. The van der Waals surface area contributed by atoms with Crippen molar-refractivity contribution >= 4 is 15.6 Å². The molecule has 2 unspecified atom stereocenters. The van der Waals surface area contributed by atoms with Crippen molar-refractivity contribution in [2.45, 2.75) is 55.2 Å². The molecule has 4 heterocycles. The van der Waals surface area contributed by atoms with Crippen LogP contribution in [-0.4, -0.2) is 107 Å². The molecule has 0 aromatic carbocycles. The van der Waals surface area contributed by atoms with Crippen LogP contribution >= 0.6 is 15.6 Å². The molecular weight excluding hydrogens is 604 g/mol. The maximum absolute atomic E-state index is 12.4. The largest absolute Gasteiger partial charge is 0.483 e. The fraction of sp³-hybridized carbons (Fsp3) is 0.579. The van der Waals surface area contributed by atoms with Gasteiger partial charge in [0, 0.05) is 6.20 Å². The van der Waals surface area contributed by atoms with Crippen LogP contribution in [-0.2, 0) is 32.0 Å². The standard InChI is InChI=1S/C19H27N3O17P2/c20-11-14(26)12(24)9(5-23)37-18(11)38-41(32,33)39-40(30,31)35-6-10-13(25)15(27)17(36-10)22-4-7(8-2-1-3-34-8)16(28)21-19(22)29/h1-4,9-15,17-18,23-27H,5-6,20H2,(H,30,31)(H,32,33)(H,21,28,29)/t9-,10-,11-,12+,13-,14-,15-,17-,18-/m1/s1. The first-order valence-electron chi connectivity index (χ1n) is 11.6. The molecule has 0 aliphatic carbocycles. The molecule has 0 bridgehead atoms. The molecule has 2 aliphatic heterocycles. The highest BCUT2D eigenvalue weighted by Gasteiger charge is 2.49. The smallest absolute Gasteiger partial charge is 0.464 e. The highest BCUT2D eigenvalue weighted by Crippen LogP contribution is 2.61. The van der Waals surface area contributed by atoms with E-state index in [4.69, 9.17) is 19.6 Å². The quantitative estimate of drug-likeness (QED) is 0.115. The minimum absolute atomic E-state index is 0.0686. The molecule has 22 heteroatoms. The van der Waals surface area contributed by atoms with Crippen LogP contribution in [0.1, 0.15) is 6.23 Å². The summed E-state index contributed by atoms with van der Waals surface area (Å²) in [6, 6.07) is 1.24. The van der Waals surface area contributed by atoms with E-state index in [9.17, 15) is 54.0 Å². The average molecular weight is 631 g/mol. The number of phosphoric acid groups is 2. The van der Waals surface area contributed by atoms with Crippen molar-refractivity contribution in [1.29, 1.82) is 0 Å². The fourth-order valence-corrected chi connectivity index (χ4v) is 6.22. The highest BCUT2D eigenvalue weighted by atomic mass is 31.3. The zero-order valence-electron chi connectivity index (χ0n) is 20.6. The number of hydrogen-bond acceptors (Lipinski definition) is 16. The number of aromatic amines is 1. The van der Waals surface area contributed by atoms with Gasteiger partial charge < -0.3 is 54.9 Å². The van der Waals surface area contributed by atoms with Crippen LogP contribution < -0.4 is 17.0 Å². The molecule has 2 aromatic heterocycles.